The molecule has 0 aliphatic rings. The maximum atomic E-state index is 5.54. The fourth-order valence-electron chi connectivity index (χ4n) is 1.01. The van der Waals surface area contributed by atoms with E-state index in [0.717, 1.165) is 13.0 Å². The maximum Gasteiger partial charge on any atom is 0.0173 e. The van der Waals surface area contributed by atoms with Crippen LogP contribution in [0.5, 0.6) is 0 Å². The minimum atomic E-state index is 0.159. The van der Waals surface area contributed by atoms with Gasteiger partial charge in [0.1, 0.15) is 0 Å². The zero-order valence-electron chi connectivity index (χ0n) is 8.49. The fourth-order valence-corrected chi connectivity index (χ4v) is 1.01. The minimum absolute atomic E-state index is 0.159. The molecule has 0 radical (unpaired) electrons. The summed E-state index contributed by atoms with van der Waals surface area (Å²) in [4.78, 5) is 0. The van der Waals surface area contributed by atoms with E-state index in [4.69, 9.17) is 5.73 Å². The lowest BCUT2D eigenvalue weighted by atomic mass is 9.72. The molecule has 0 aromatic carbocycles. The topological polar surface area (TPSA) is 38.0 Å². The Kier molecular flexibility index (Phi) is 3.52. The Morgan fingerprint density at radius 3 is 1.91 bits per heavy atom. The van der Waals surface area contributed by atoms with Crippen molar-refractivity contribution >= 4 is 0 Å². The molecule has 2 nitrogen and oxygen atoms in total. The molecule has 0 spiro atoms. The molecule has 68 valence electrons. The smallest absolute Gasteiger partial charge is 0.0173 e. The van der Waals surface area contributed by atoms with E-state index >= 15 is 0 Å². The number of rotatable bonds is 4. The highest BCUT2D eigenvalue weighted by atomic mass is 14.9. The molecule has 0 aromatic heterocycles. The second-order valence-corrected chi connectivity index (χ2v) is 4.30. The van der Waals surface area contributed by atoms with Crippen LogP contribution in [0.2, 0.25) is 0 Å². The molecule has 2 heteroatoms. The van der Waals surface area contributed by atoms with Crippen molar-refractivity contribution in [2.75, 3.05) is 13.6 Å². The van der Waals surface area contributed by atoms with Gasteiger partial charge in [0.05, 0.1) is 0 Å². The fraction of sp³-hybridized carbons (Fsp3) is 1.00. The summed E-state index contributed by atoms with van der Waals surface area (Å²) in [5.74, 6) is 0. The molecule has 3 N–H and O–H groups in total. The second kappa shape index (κ2) is 3.55. The van der Waals surface area contributed by atoms with Gasteiger partial charge < -0.3 is 11.1 Å². The van der Waals surface area contributed by atoms with E-state index in [0.29, 0.717) is 0 Å². The van der Waals surface area contributed by atoms with Crippen LogP contribution in [0.4, 0.5) is 0 Å². The van der Waals surface area contributed by atoms with Crippen LogP contribution in [0.3, 0.4) is 0 Å². The van der Waals surface area contributed by atoms with E-state index in [-0.39, 0.29) is 11.0 Å². The number of nitrogens with one attached hydrogen (secondary N) is 1. The largest absolute Gasteiger partial charge is 0.330 e. The quantitative estimate of drug-likeness (QED) is 0.648. The maximum absolute atomic E-state index is 5.54. The van der Waals surface area contributed by atoms with Crippen LogP contribution in [-0.2, 0) is 0 Å². The monoisotopic (exact) mass is 158 g/mol. The molecule has 0 saturated carbocycles. The van der Waals surface area contributed by atoms with Crippen molar-refractivity contribution in [1.29, 1.82) is 0 Å². The van der Waals surface area contributed by atoms with Gasteiger partial charge in [-0.1, -0.05) is 13.8 Å². The Hall–Kier alpha value is -0.0800. The second-order valence-electron chi connectivity index (χ2n) is 4.30. The first kappa shape index (κ1) is 10.9. The number of hydrogen-bond donors (Lipinski definition) is 2. The van der Waals surface area contributed by atoms with Crippen LogP contribution in [0.25, 0.3) is 0 Å². The molecular weight excluding hydrogens is 136 g/mol. The Labute approximate surface area is 70.5 Å². The molecule has 0 saturated heterocycles. The summed E-state index contributed by atoms with van der Waals surface area (Å²) < 4.78 is 0. The lowest BCUT2D eigenvalue weighted by Crippen LogP contribution is -2.50. The first-order chi connectivity index (χ1) is 4.87. The van der Waals surface area contributed by atoms with Crippen molar-refractivity contribution in [3.8, 4) is 0 Å². The van der Waals surface area contributed by atoms with E-state index in [1.54, 1.807) is 0 Å². The molecule has 0 bridgehead atoms. The van der Waals surface area contributed by atoms with Gasteiger partial charge in [0.2, 0.25) is 0 Å². The molecule has 0 atom stereocenters. The van der Waals surface area contributed by atoms with Gasteiger partial charge >= 0.3 is 0 Å². The van der Waals surface area contributed by atoms with Crippen molar-refractivity contribution in [2.45, 2.75) is 39.7 Å². The lowest BCUT2D eigenvalue weighted by molar-refractivity contribution is 0.154. The average molecular weight is 158 g/mol. The van der Waals surface area contributed by atoms with Gasteiger partial charge in [-0.25, -0.2) is 0 Å². The highest BCUT2D eigenvalue weighted by Crippen LogP contribution is 2.32. The molecule has 0 aromatic rings. The van der Waals surface area contributed by atoms with Crippen LogP contribution in [0.15, 0.2) is 0 Å². The van der Waals surface area contributed by atoms with Crippen LogP contribution in [0.1, 0.15) is 34.1 Å². The van der Waals surface area contributed by atoms with Crippen molar-refractivity contribution in [3.05, 3.63) is 0 Å². The predicted octanol–water partition coefficient (Wildman–Crippen LogP) is 1.36. The average Bonchev–Trinajstić information content (AvgIpc) is 1.87. The van der Waals surface area contributed by atoms with Crippen molar-refractivity contribution in [1.82, 2.24) is 5.32 Å². The van der Waals surface area contributed by atoms with Crippen molar-refractivity contribution < 1.29 is 0 Å². The summed E-state index contributed by atoms with van der Waals surface area (Å²) >= 11 is 0. The summed E-state index contributed by atoms with van der Waals surface area (Å²) in [7, 11) is 2.00. The molecular formula is C9H22N2. The molecule has 11 heavy (non-hydrogen) atoms. The van der Waals surface area contributed by atoms with Crippen molar-refractivity contribution in [2.24, 2.45) is 11.1 Å². The lowest BCUT2D eigenvalue weighted by Gasteiger charge is -2.41. The van der Waals surface area contributed by atoms with Gasteiger partial charge in [-0.05, 0) is 39.3 Å². The number of nitrogens with two attached hydrogens (primary N) is 1. The van der Waals surface area contributed by atoms with Crippen LogP contribution in [-0.4, -0.2) is 19.1 Å². The first-order valence-electron chi connectivity index (χ1n) is 4.26. The highest BCUT2D eigenvalue weighted by Gasteiger charge is 2.34. The van der Waals surface area contributed by atoms with Gasteiger partial charge in [0.25, 0.3) is 0 Å². The minimum Gasteiger partial charge on any atom is -0.330 e. The normalized spacial score (nSPS) is 13.6. The van der Waals surface area contributed by atoms with Crippen LogP contribution < -0.4 is 11.1 Å². The summed E-state index contributed by atoms with van der Waals surface area (Å²) in [5.41, 5.74) is 5.96. The third kappa shape index (κ3) is 2.46. The van der Waals surface area contributed by atoms with E-state index in [1.807, 2.05) is 7.05 Å². The molecule has 0 heterocycles. The van der Waals surface area contributed by atoms with Gasteiger partial charge in [-0.2, -0.15) is 0 Å². The standard InChI is InChI=1S/C9H22N2/c1-8(2,6-7-10)9(3,4)11-5/h11H,6-7,10H2,1-5H3. The molecule has 0 fully saturated rings. The van der Waals surface area contributed by atoms with Gasteiger partial charge in [0, 0.05) is 5.54 Å². The zero-order valence-corrected chi connectivity index (χ0v) is 8.49. The summed E-state index contributed by atoms with van der Waals surface area (Å²) in [5, 5.41) is 3.31. The predicted molar refractivity (Wildman–Crippen MR) is 50.6 cm³/mol. The van der Waals surface area contributed by atoms with E-state index in [9.17, 15) is 0 Å². The molecule has 0 aliphatic carbocycles. The summed E-state index contributed by atoms with van der Waals surface area (Å²) in [6.45, 7) is 9.68. The molecule has 0 amide bonds. The Morgan fingerprint density at radius 1 is 1.18 bits per heavy atom. The summed E-state index contributed by atoms with van der Waals surface area (Å²) in [6.07, 6.45) is 1.06. The van der Waals surface area contributed by atoms with Gasteiger partial charge in [0.15, 0.2) is 0 Å². The number of hydrogen-bond acceptors (Lipinski definition) is 2. The molecule has 0 unspecified atom stereocenters. The Morgan fingerprint density at radius 2 is 1.64 bits per heavy atom. The van der Waals surface area contributed by atoms with Crippen molar-refractivity contribution in [3.63, 3.8) is 0 Å². The third-order valence-electron chi connectivity index (χ3n) is 3.09. The van der Waals surface area contributed by atoms with Crippen LogP contribution >= 0.6 is 0 Å². The van der Waals surface area contributed by atoms with E-state index in [2.05, 4.69) is 33.0 Å². The van der Waals surface area contributed by atoms with Crippen LogP contribution in [0, 0.1) is 5.41 Å². The molecule has 0 aliphatic heterocycles. The van der Waals surface area contributed by atoms with Gasteiger partial charge in [-0.15, -0.1) is 0 Å². The first-order valence-corrected chi connectivity index (χ1v) is 4.26. The Balaban J connectivity index is 4.26. The van der Waals surface area contributed by atoms with E-state index < -0.39 is 0 Å². The third-order valence-corrected chi connectivity index (χ3v) is 3.09. The zero-order chi connectivity index (χ0) is 9.12. The molecule has 0 rings (SSSR count). The Bertz CT molecular complexity index is 117. The SMILES string of the molecule is CNC(C)(C)C(C)(C)CCN. The van der Waals surface area contributed by atoms with Gasteiger partial charge in [-0.3, -0.25) is 0 Å². The summed E-state index contributed by atoms with van der Waals surface area (Å²) in [6, 6.07) is 0. The van der Waals surface area contributed by atoms with E-state index in [1.165, 1.54) is 0 Å². The highest BCUT2D eigenvalue weighted by molar-refractivity contribution is 4.91.